The Bertz CT molecular complexity index is 231. The predicted octanol–water partition coefficient (Wildman–Crippen LogP) is -0.122. The van der Waals surface area contributed by atoms with Crippen LogP contribution in [0.3, 0.4) is 0 Å². The van der Waals surface area contributed by atoms with E-state index in [1.807, 2.05) is 6.92 Å². The Morgan fingerprint density at radius 1 is 1.67 bits per heavy atom. The average molecular weight is 166 g/mol. The number of carbonyl (C=O) groups is 1. The van der Waals surface area contributed by atoms with Gasteiger partial charge in [-0.1, -0.05) is 5.92 Å². The quantitative estimate of drug-likeness (QED) is 0.533. The molecule has 0 aromatic heterocycles. The van der Waals surface area contributed by atoms with Crippen LogP contribution in [-0.2, 0) is 4.79 Å². The van der Waals surface area contributed by atoms with Gasteiger partial charge in [-0.3, -0.25) is 4.79 Å². The molecule has 66 valence electrons. The lowest BCUT2D eigenvalue weighted by Gasteiger charge is -2.22. The molecule has 1 unspecified atom stereocenters. The normalized spacial score (nSPS) is 27.5. The Labute approximate surface area is 72.9 Å². The highest BCUT2D eigenvalue weighted by Gasteiger charge is 2.29. The van der Waals surface area contributed by atoms with Crippen LogP contribution in [0.1, 0.15) is 20.3 Å². The molecule has 0 saturated carbocycles. The Kier molecular flexibility index (Phi) is 2.72. The van der Waals surface area contributed by atoms with E-state index >= 15 is 0 Å². The van der Waals surface area contributed by atoms with Gasteiger partial charge in [0.25, 0.3) is 5.91 Å². The SMILES string of the molecule is CC#CC(=O)NC1(C)CCNC1. The van der Waals surface area contributed by atoms with E-state index in [0.29, 0.717) is 0 Å². The van der Waals surface area contributed by atoms with Crippen molar-refractivity contribution in [2.24, 2.45) is 0 Å². The first-order valence-corrected chi connectivity index (χ1v) is 4.12. The van der Waals surface area contributed by atoms with E-state index in [1.165, 1.54) is 0 Å². The van der Waals surface area contributed by atoms with Crippen LogP contribution in [0.15, 0.2) is 0 Å². The maximum absolute atomic E-state index is 11.1. The van der Waals surface area contributed by atoms with Crippen LogP contribution in [0.2, 0.25) is 0 Å². The number of carbonyl (C=O) groups excluding carboxylic acids is 1. The van der Waals surface area contributed by atoms with Gasteiger partial charge < -0.3 is 10.6 Å². The van der Waals surface area contributed by atoms with Crippen LogP contribution in [-0.4, -0.2) is 24.5 Å². The maximum Gasteiger partial charge on any atom is 0.296 e. The first kappa shape index (κ1) is 9.08. The minimum absolute atomic E-state index is 0.0963. The smallest absolute Gasteiger partial charge is 0.296 e. The van der Waals surface area contributed by atoms with E-state index < -0.39 is 0 Å². The van der Waals surface area contributed by atoms with Gasteiger partial charge in [0.05, 0.1) is 5.54 Å². The van der Waals surface area contributed by atoms with Crippen molar-refractivity contribution in [3.8, 4) is 11.8 Å². The van der Waals surface area contributed by atoms with Crippen molar-refractivity contribution in [3.63, 3.8) is 0 Å². The highest BCUT2D eigenvalue weighted by Crippen LogP contribution is 2.12. The molecule has 0 aliphatic carbocycles. The monoisotopic (exact) mass is 166 g/mol. The molecule has 0 bridgehead atoms. The zero-order valence-electron chi connectivity index (χ0n) is 7.53. The fourth-order valence-corrected chi connectivity index (χ4v) is 1.34. The van der Waals surface area contributed by atoms with E-state index in [2.05, 4.69) is 22.5 Å². The van der Waals surface area contributed by atoms with Gasteiger partial charge in [0.1, 0.15) is 0 Å². The molecule has 1 rings (SSSR count). The molecule has 1 amide bonds. The molecule has 3 heteroatoms. The molecule has 1 heterocycles. The lowest BCUT2D eigenvalue weighted by Crippen LogP contribution is -2.47. The molecule has 3 nitrogen and oxygen atoms in total. The highest BCUT2D eigenvalue weighted by molar-refractivity contribution is 5.93. The molecule has 1 atom stereocenters. The molecule has 1 aliphatic rings. The third-order valence-electron chi connectivity index (χ3n) is 2.02. The standard InChI is InChI=1S/C9H14N2O/c1-3-4-8(12)11-9(2)5-6-10-7-9/h10H,5-7H2,1-2H3,(H,11,12). The molecule has 2 N–H and O–H groups in total. The third kappa shape index (κ3) is 2.24. The second kappa shape index (κ2) is 3.59. The van der Waals surface area contributed by atoms with Crippen LogP contribution in [0.25, 0.3) is 0 Å². The Hall–Kier alpha value is -1.01. The molecule has 0 aromatic rings. The van der Waals surface area contributed by atoms with Crippen molar-refractivity contribution in [1.29, 1.82) is 0 Å². The van der Waals surface area contributed by atoms with Crippen molar-refractivity contribution in [2.75, 3.05) is 13.1 Å². The molecular weight excluding hydrogens is 152 g/mol. The summed E-state index contributed by atoms with van der Waals surface area (Å²) in [7, 11) is 0. The van der Waals surface area contributed by atoms with E-state index in [1.54, 1.807) is 6.92 Å². The number of hydrogen-bond acceptors (Lipinski definition) is 2. The number of amides is 1. The van der Waals surface area contributed by atoms with Crippen molar-refractivity contribution in [3.05, 3.63) is 0 Å². The number of nitrogens with one attached hydrogen (secondary N) is 2. The maximum atomic E-state index is 11.1. The molecule has 1 aliphatic heterocycles. The van der Waals surface area contributed by atoms with Gasteiger partial charge in [-0.15, -0.1) is 0 Å². The van der Waals surface area contributed by atoms with Crippen molar-refractivity contribution >= 4 is 5.91 Å². The second-order valence-corrected chi connectivity index (χ2v) is 3.32. The van der Waals surface area contributed by atoms with Crippen LogP contribution in [0, 0.1) is 11.8 Å². The number of rotatable bonds is 1. The van der Waals surface area contributed by atoms with Crippen molar-refractivity contribution in [1.82, 2.24) is 10.6 Å². The largest absolute Gasteiger partial charge is 0.339 e. The molecular formula is C9H14N2O. The van der Waals surface area contributed by atoms with Crippen molar-refractivity contribution < 1.29 is 4.79 Å². The predicted molar refractivity (Wildman–Crippen MR) is 47.5 cm³/mol. The second-order valence-electron chi connectivity index (χ2n) is 3.32. The zero-order valence-corrected chi connectivity index (χ0v) is 7.53. The van der Waals surface area contributed by atoms with Crippen LogP contribution in [0.5, 0.6) is 0 Å². The summed E-state index contributed by atoms with van der Waals surface area (Å²) in [6.45, 7) is 5.50. The van der Waals surface area contributed by atoms with E-state index in [-0.39, 0.29) is 11.4 Å². The topological polar surface area (TPSA) is 41.1 Å². The van der Waals surface area contributed by atoms with Gasteiger partial charge in [0.2, 0.25) is 0 Å². The van der Waals surface area contributed by atoms with Crippen LogP contribution >= 0.6 is 0 Å². The highest BCUT2D eigenvalue weighted by atomic mass is 16.1. The summed E-state index contributed by atoms with van der Waals surface area (Å²) in [5.41, 5.74) is -0.0963. The Balaban J connectivity index is 2.47. The molecule has 0 aromatic carbocycles. The summed E-state index contributed by atoms with van der Waals surface area (Å²) in [6.07, 6.45) is 0.976. The zero-order chi connectivity index (χ0) is 9.03. The van der Waals surface area contributed by atoms with Gasteiger partial charge in [-0.05, 0) is 32.7 Å². The van der Waals surface area contributed by atoms with Gasteiger partial charge >= 0.3 is 0 Å². The number of hydrogen-bond donors (Lipinski definition) is 2. The minimum atomic E-state index is -0.177. The van der Waals surface area contributed by atoms with Crippen molar-refractivity contribution in [2.45, 2.75) is 25.8 Å². The third-order valence-corrected chi connectivity index (χ3v) is 2.02. The molecule has 1 fully saturated rings. The fourth-order valence-electron chi connectivity index (χ4n) is 1.34. The van der Waals surface area contributed by atoms with Gasteiger partial charge in [-0.2, -0.15) is 0 Å². The van der Waals surface area contributed by atoms with E-state index in [4.69, 9.17) is 0 Å². The fraction of sp³-hybridized carbons (Fsp3) is 0.667. The van der Waals surface area contributed by atoms with Crippen LogP contribution < -0.4 is 10.6 Å². The minimum Gasteiger partial charge on any atom is -0.339 e. The molecule has 12 heavy (non-hydrogen) atoms. The van der Waals surface area contributed by atoms with Crippen LogP contribution in [0.4, 0.5) is 0 Å². The van der Waals surface area contributed by atoms with Gasteiger partial charge in [-0.25, -0.2) is 0 Å². The lowest BCUT2D eigenvalue weighted by molar-refractivity contribution is -0.117. The Morgan fingerprint density at radius 3 is 2.92 bits per heavy atom. The first-order chi connectivity index (χ1) is 5.66. The lowest BCUT2D eigenvalue weighted by atomic mass is 10.0. The summed E-state index contributed by atoms with van der Waals surface area (Å²) < 4.78 is 0. The molecule has 0 radical (unpaired) electrons. The molecule has 1 saturated heterocycles. The molecule has 0 spiro atoms. The summed E-state index contributed by atoms with van der Waals surface area (Å²) in [5, 5.41) is 6.08. The Morgan fingerprint density at radius 2 is 2.42 bits per heavy atom. The summed E-state index contributed by atoms with van der Waals surface area (Å²) in [4.78, 5) is 11.1. The first-order valence-electron chi connectivity index (χ1n) is 4.12. The summed E-state index contributed by atoms with van der Waals surface area (Å²) >= 11 is 0. The van der Waals surface area contributed by atoms with Gasteiger partial charge in [0, 0.05) is 6.54 Å². The van der Waals surface area contributed by atoms with E-state index in [0.717, 1.165) is 19.5 Å². The van der Waals surface area contributed by atoms with E-state index in [9.17, 15) is 4.79 Å². The summed E-state index contributed by atoms with van der Waals surface area (Å²) in [5.74, 6) is 4.87. The summed E-state index contributed by atoms with van der Waals surface area (Å²) in [6, 6.07) is 0. The average Bonchev–Trinajstić information content (AvgIpc) is 2.36. The van der Waals surface area contributed by atoms with Gasteiger partial charge in [0.15, 0.2) is 0 Å².